The van der Waals surface area contributed by atoms with E-state index in [0.29, 0.717) is 6.54 Å². The number of likely N-dealkylation sites (N-methyl/N-ethyl adjacent to an activating group) is 1. The number of ether oxygens (including phenoxy) is 1. The van der Waals surface area contributed by atoms with Crippen molar-refractivity contribution in [1.29, 1.82) is 0 Å². The van der Waals surface area contributed by atoms with E-state index in [1.54, 1.807) is 31.4 Å². The Hall–Kier alpha value is -2.62. The maximum atomic E-state index is 12.9. The summed E-state index contributed by atoms with van der Waals surface area (Å²) < 4.78 is 18.1. The maximum Gasteiger partial charge on any atom is 0.246 e. The topological polar surface area (TPSA) is 29.5 Å². The highest BCUT2D eigenvalue weighted by Gasteiger charge is 2.16. The quantitative estimate of drug-likeness (QED) is 0.702. The van der Waals surface area contributed by atoms with Crippen LogP contribution in [-0.4, -0.2) is 30.5 Å². The third-order valence-electron chi connectivity index (χ3n) is 4.13. The third kappa shape index (κ3) is 5.45. The lowest BCUT2D eigenvalue weighted by Gasteiger charge is -2.27. The number of halogens is 1. The first kappa shape index (κ1) is 18.7. The summed E-state index contributed by atoms with van der Waals surface area (Å²) in [6.07, 6.45) is 4.03. The molecule has 2 rings (SSSR count). The van der Waals surface area contributed by atoms with Crippen LogP contribution in [0.3, 0.4) is 0 Å². The van der Waals surface area contributed by atoms with E-state index in [-0.39, 0.29) is 17.8 Å². The molecule has 0 aliphatic rings. The van der Waals surface area contributed by atoms with Gasteiger partial charge in [0.15, 0.2) is 0 Å². The van der Waals surface area contributed by atoms with Crippen LogP contribution in [0.4, 0.5) is 4.39 Å². The van der Waals surface area contributed by atoms with E-state index >= 15 is 0 Å². The Morgan fingerprint density at radius 3 is 2.36 bits per heavy atom. The van der Waals surface area contributed by atoms with E-state index in [1.165, 1.54) is 12.1 Å². The van der Waals surface area contributed by atoms with E-state index in [9.17, 15) is 9.18 Å². The molecule has 0 N–H and O–H groups in total. The number of carbonyl (C=O) groups is 1. The zero-order valence-electron chi connectivity index (χ0n) is 14.9. The molecule has 0 heterocycles. The van der Waals surface area contributed by atoms with Crippen molar-refractivity contribution in [3.05, 3.63) is 71.6 Å². The number of benzene rings is 2. The van der Waals surface area contributed by atoms with Crippen LogP contribution < -0.4 is 4.74 Å². The fraction of sp³-hybridized carbons (Fsp3) is 0.286. The van der Waals surface area contributed by atoms with Gasteiger partial charge in [0, 0.05) is 18.7 Å². The highest BCUT2D eigenvalue weighted by atomic mass is 19.1. The average molecular weight is 341 g/mol. The van der Waals surface area contributed by atoms with Crippen LogP contribution in [0, 0.1) is 5.82 Å². The minimum atomic E-state index is -0.285. The van der Waals surface area contributed by atoms with Crippen LogP contribution in [0.25, 0.3) is 6.08 Å². The second-order valence-corrected chi connectivity index (χ2v) is 5.91. The van der Waals surface area contributed by atoms with Gasteiger partial charge in [-0.15, -0.1) is 0 Å². The van der Waals surface area contributed by atoms with Crippen molar-refractivity contribution >= 4 is 12.0 Å². The van der Waals surface area contributed by atoms with Gasteiger partial charge in [-0.2, -0.15) is 0 Å². The zero-order chi connectivity index (χ0) is 18.2. The fourth-order valence-electron chi connectivity index (χ4n) is 2.73. The number of hydrogen-bond donors (Lipinski definition) is 0. The minimum absolute atomic E-state index is 0.0483. The first-order valence-electron chi connectivity index (χ1n) is 8.40. The molecule has 0 bridgehead atoms. The maximum absolute atomic E-state index is 12.9. The highest BCUT2D eigenvalue weighted by molar-refractivity contribution is 5.92. The van der Waals surface area contributed by atoms with E-state index < -0.39 is 0 Å². The van der Waals surface area contributed by atoms with E-state index in [4.69, 9.17) is 4.74 Å². The van der Waals surface area contributed by atoms with Crippen LogP contribution in [0.2, 0.25) is 0 Å². The second-order valence-electron chi connectivity index (χ2n) is 5.91. The van der Waals surface area contributed by atoms with Gasteiger partial charge in [0.1, 0.15) is 11.6 Å². The van der Waals surface area contributed by atoms with E-state index in [0.717, 1.165) is 23.3 Å². The Balaban J connectivity index is 2.00. The van der Waals surface area contributed by atoms with Gasteiger partial charge in [0.25, 0.3) is 0 Å². The summed E-state index contributed by atoms with van der Waals surface area (Å²) >= 11 is 0. The van der Waals surface area contributed by atoms with Crippen LogP contribution in [0.15, 0.2) is 54.6 Å². The molecule has 0 saturated heterocycles. The number of amides is 1. The molecule has 1 unspecified atom stereocenters. The van der Waals surface area contributed by atoms with Gasteiger partial charge < -0.3 is 9.64 Å². The first-order chi connectivity index (χ1) is 12.0. The third-order valence-corrected chi connectivity index (χ3v) is 4.13. The van der Waals surface area contributed by atoms with Crippen molar-refractivity contribution in [2.75, 3.05) is 13.7 Å². The SMILES string of the molecule is CCN(C(=O)/C=C/c1ccc(F)cc1)C(C)Cc1ccc(OC)cc1. The molecule has 3 nitrogen and oxygen atoms in total. The Morgan fingerprint density at radius 1 is 1.16 bits per heavy atom. The van der Waals surface area contributed by atoms with Gasteiger partial charge in [0.2, 0.25) is 5.91 Å². The van der Waals surface area contributed by atoms with Gasteiger partial charge in [0.05, 0.1) is 7.11 Å². The molecule has 25 heavy (non-hydrogen) atoms. The number of nitrogens with zero attached hydrogens (tertiary/aromatic N) is 1. The predicted octanol–water partition coefficient (Wildman–Crippen LogP) is 4.33. The molecule has 4 heteroatoms. The molecule has 0 radical (unpaired) electrons. The Bertz CT molecular complexity index is 708. The lowest BCUT2D eigenvalue weighted by Crippen LogP contribution is -2.38. The van der Waals surface area contributed by atoms with E-state index in [1.807, 2.05) is 43.0 Å². The van der Waals surface area contributed by atoms with Gasteiger partial charge in [-0.25, -0.2) is 4.39 Å². The summed E-state index contributed by atoms with van der Waals surface area (Å²) in [7, 11) is 1.64. The van der Waals surface area contributed by atoms with Crippen molar-refractivity contribution in [2.45, 2.75) is 26.3 Å². The van der Waals surface area contributed by atoms with Gasteiger partial charge >= 0.3 is 0 Å². The van der Waals surface area contributed by atoms with Crippen molar-refractivity contribution in [2.24, 2.45) is 0 Å². The van der Waals surface area contributed by atoms with Gasteiger partial charge in [-0.05, 0) is 61.7 Å². The lowest BCUT2D eigenvalue weighted by molar-refractivity contribution is -0.127. The summed E-state index contributed by atoms with van der Waals surface area (Å²) in [6.45, 7) is 4.63. The summed E-state index contributed by atoms with van der Waals surface area (Å²) in [6, 6.07) is 14.0. The van der Waals surface area contributed by atoms with Crippen molar-refractivity contribution in [3.63, 3.8) is 0 Å². The highest BCUT2D eigenvalue weighted by Crippen LogP contribution is 2.15. The van der Waals surface area contributed by atoms with Crippen molar-refractivity contribution < 1.29 is 13.9 Å². The number of methoxy groups -OCH3 is 1. The number of carbonyl (C=O) groups excluding carboxylic acids is 1. The van der Waals surface area contributed by atoms with Crippen molar-refractivity contribution in [1.82, 2.24) is 4.90 Å². The monoisotopic (exact) mass is 341 g/mol. The number of rotatable bonds is 7. The molecular formula is C21H24FNO2. The van der Waals surface area contributed by atoms with Crippen LogP contribution in [-0.2, 0) is 11.2 Å². The minimum Gasteiger partial charge on any atom is -0.497 e. The molecule has 0 spiro atoms. The molecular weight excluding hydrogens is 317 g/mol. The largest absolute Gasteiger partial charge is 0.497 e. The van der Waals surface area contributed by atoms with Crippen LogP contribution in [0.1, 0.15) is 25.0 Å². The van der Waals surface area contributed by atoms with E-state index in [2.05, 4.69) is 0 Å². The van der Waals surface area contributed by atoms with Gasteiger partial charge in [-0.3, -0.25) is 4.79 Å². The molecule has 132 valence electrons. The van der Waals surface area contributed by atoms with Crippen LogP contribution in [0.5, 0.6) is 5.75 Å². The molecule has 1 amide bonds. The van der Waals surface area contributed by atoms with Crippen molar-refractivity contribution in [3.8, 4) is 5.75 Å². The molecule has 0 aromatic heterocycles. The predicted molar refractivity (Wildman–Crippen MR) is 99.0 cm³/mol. The summed E-state index contributed by atoms with van der Waals surface area (Å²) in [4.78, 5) is 14.3. The van der Waals surface area contributed by atoms with Crippen LogP contribution >= 0.6 is 0 Å². The molecule has 0 aliphatic carbocycles. The molecule has 0 saturated carbocycles. The Kier molecular flexibility index (Phi) is 6.75. The smallest absolute Gasteiger partial charge is 0.246 e. The van der Waals surface area contributed by atoms with Gasteiger partial charge in [-0.1, -0.05) is 24.3 Å². The molecule has 0 aliphatic heterocycles. The standard InChI is InChI=1S/C21H24FNO2/c1-4-23(16(2)15-18-7-12-20(25-3)13-8-18)21(24)14-9-17-5-10-19(22)11-6-17/h5-14,16H,4,15H2,1-3H3/b14-9+. The molecule has 2 aromatic carbocycles. The molecule has 1 atom stereocenters. The zero-order valence-corrected chi connectivity index (χ0v) is 14.9. The summed E-state index contributed by atoms with van der Waals surface area (Å²) in [5.74, 6) is 0.488. The summed E-state index contributed by atoms with van der Waals surface area (Å²) in [5.41, 5.74) is 1.95. The Labute approximate surface area is 148 Å². The number of hydrogen-bond acceptors (Lipinski definition) is 2. The molecule has 2 aromatic rings. The summed E-state index contributed by atoms with van der Waals surface area (Å²) in [5, 5.41) is 0. The molecule has 0 fully saturated rings. The second kappa shape index (κ2) is 9.02. The first-order valence-corrected chi connectivity index (χ1v) is 8.40. The Morgan fingerprint density at radius 2 is 1.80 bits per heavy atom. The normalized spacial score (nSPS) is 12.2. The average Bonchev–Trinajstić information content (AvgIpc) is 2.62. The fourth-order valence-corrected chi connectivity index (χ4v) is 2.73. The lowest BCUT2D eigenvalue weighted by atomic mass is 10.1.